The molecule has 4 rings (SSSR count). The van der Waals surface area contributed by atoms with Gasteiger partial charge in [-0.15, -0.1) is 0 Å². The lowest BCUT2D eigenvalue weighted by atomic mass is 10.0. The highest BCUT2D eigenvalue weighted by Crippen LogP contribution is 2.31. The van der Waals surface area contributed by atoms with Crippen molar-refractivity contribution in [3.63, 3.8) is 0 Å². The van der Waals surface area contributed by atoms with Crippen molar-refractivity contribution < 1.29 is 14.1 Å². The molecule has 1 aromatic heterocycles. The summed E-state index contributed by atoms with van der Waals surface area (Å²) in [4.78, 5) is 43.2. The summed E-state index contributed by atoms with van der Waals surface area (Å²) in [5.41, 5.74) is 0.794. The smallest absolute Gasteiger partial charge is 0.276 e. The fraction of sp³-hybridized carbons (Fsp3) is 0.458. The molecule has 2 aliphatic rings. The molecule has 1 saturated heterocycles. The van der Waals surface area contributed by atoms with E-state index in [1.54, 1.807) is 10.8 Å². The number of likely N-dealkylation sites (N-methyl/N-ethyl adjacent to an activating group) is 1. The van der Waals surface area contributed by atoms with Gasteiger partial charge in [-0.05, 0) is 32.4 Å². The molecule has 2 aliphatic heterocycles. The molecule has 3 heterocycles. The van der Waals surface area contributed by atoms with E-state index in [1.807, 2.05) is 72.5 Å². The zero-order valence-corrected chi connectivity index (χ0v) is 20.4. The van der Waals surface area contributed by atoms with Crippen LogP contribution in [0.3, 0.4) is 0 Å². The summed E-state index contributed by atoms with van der Waals surface area (Å²) in [6.45, 7) is 7.40. The van der Waals surface area contributed by atoms with E-state index in [2.05, 4.69) is 4.90 Å². The zero-order valence-electron chi connectivity index (χ0n) is 19.2. The lowest BCUT2D eigenvalue weighted by Crippen LogP contribution is -2.62. The Morgan fingerprint density at radius 3 is 2.53 bits per heavy atom. The van der Waals surface area contributed by atoms with Gasteiger partial charge in [0.15, 0.2) is 17.2 Å². The monoisotopic (exact) mass is 457 g/mol. The molecule has 0 radical (unpaired) electrons. The zero-order chi connectivity index (χ0) is 23.4. The molecule has 0 aliphatic carbocycles. The number of carbonyl (C=O) groups is 2. The van der Waals surface area contributed by atoms with Crippen molar-refractivity contribution in [1.82, 2.24) is 14.4 Å². The summed E-state index contributed by atoms with van der Waals surface area (Å²) < 4.78 is 7.00. The second-order valence-electron chi connectivity index (χ2n) is 8.04. The molecule has 1 unspecified atom stereocenters. The quantitative estimate of drug-likeness (QED) is 0.509. The van der Waals surface area contributed by atoms with Crippen LogP contribution in [-0.4, -0.2) is 51.9 Å². The van der Waals surface area contributed by atoms with Crippen LogP contribution in [0.15, 0.2) is 41.3 Å². The topological polar surface area (TPSA) is 71.9 Å². The number of fused-ring (bicyclic) bond motifs is 2. The third-order valence-corrected chi connectivity index (χ3v) is 6.38. The highest BCUT2D eigenvalue weighted by molar-refractivity contribution is 7.10. The van der Waals surface area contributed by atoms with E-state index >= 15 is 0 Å². The van der Waals surface area contributed by atoms with Crippen LogP contribution >= 0.6 is 9.47 Å². The summed E-state index contributed by atoms with van der Waals surface area (Å²) in [5.74, 6) is -0.555. The number of hydrogen-bond donors (Lipinski definition) is 0. The minimum Gasteiger partial charge on any atom is -0.474 e. The van der Waals surface area contributed by atoms with E-state index < -0.39 is 5.43 Å². The normalized spacial score (nSPS) is 20.0. The fourth-order valence-electron chi connectivity index (χ4n) is 4.39. The number of amides is 1. The lowest BCUT2D eigenvalue weighted by molar-refractivity contribution is -0.0207. The predicted octanol–water partition coefficient (Wildman–Crippen LogP) is 3.36. The minimum absolute atomic E-state index is 0.0693. The highest BCUT2D eigenvalue weighted by Gasteiger charge is 2.42. The maximum Gasteiger partial charge on any atom is 0.276 e. The van der Waals surface area contributed by atoms with E-state index in [1.165, 1.54) is 0 Å². The third kappa shape index (κ3) is 4.50. The van der Waals surface area contributed by atoms with Gasteiger partial charge < -0.3 is 14.0 Å². The molecule has 8 heteroatoms. The van der Waals surface area contributed by atoms with Gasteiger partial charge in [-0.2, -0.15) is 0 Å². The molecule has 1 fully saturated rings. The van der Waals surface area contributed by atoms with E-state index in [0.717, 1.165) is 18.5 Å². The van der Waals surface area contributed by atoms with Gasteiger partial charge in [0.2, 0.25) is 5.43 Å². The molecule has 0 bridgehead atoms. The number of aromatic nitrogens is 1. The van der Waals surface area contributed by atoms with Crippen molar-refractivity contribution in [3.05, 3.63) is 63.6 Å². The summed E-state index contributed by atoms with van der Waals surface area (Å²) in [6, 6.07) is 9.76. The Balaban J connectivity index is 0.00000141. The Morgan fingerprint density at radius 1 is 1.19 bits per heavy atom. The maximum absolute atomic E-state index is 13.3. The van der Waals surface area contributed by atoms with Gasteiger partial charge in [-0.1, -0.05) is 44.2 Å². The number of Topliss-reactive ketones (excluding diaryl/α,β-unsaturated/α-hetero) is 1. The van der Waals surface area contributed by atoms with Crippen molar-refractivity contribution >= 4 is 21.2 Å². The first-order chi connectivity index (χ1) is 15.4. The maximum atomic E-state index is 13.3. The molecule has 0 N–H and O–H groups in total. The Bertz CT molecular complexity index is 1040. The summed E-state index contributed by atoms with van der Waals surface area (Å²) in [6.07, 6.45) is 3.07. The lowest BCUT2D eigenvalue weighted by Gasteiger charge is -2.49. The SMILES string of the molecule is CC.C[C@@H]1CCN(C)[C@H]2Cn3cc(C(=O)CCc4ccccc4)c(=O)c(OP)c3C(=O)N12. The molecule has 0 saturated carbocycles. The standard InChI is InChI=1S/C22H26N3O4P.C2H6/c1-14-10-11-23(2)18-13-24-12-16(17(26)9-8-15-6-4-3-5-7-15)20(27)21(29-30)19(24)22(28)25(14)18;1-2/h3-7,12,14,18H,8-11,13,30H2,1-2H3;1-2H3/t14-,18-;/m1./s1. The number of rotatable bonds is 5. The number of hydrogen-bond acceptors (Lipinski definition) is 5. The van der Waals surface area contributed by atoms with E-state index in [9.17, 15) is 14.4 Å². The second-order valence-corrected chi connectivity index (χ2v) is 8.28. The average Bonchev–Trinajstić information content (AvgIpc) is 2.82. The van der Waals surface area contributed by atoms with Gasteiger partial charge in [0.1, 0.15) is 6.17 Å². The number of benzene rings is 1. The molecule has 32 heavy (non-hydrogen) atoms. The molecule has 1 aromatic carbocycles. The van der Waals surface area contributed by atoms with Crippen LogP contribution in [-0.2, 0) is 13.0 Å². The van der Waals surface area contributed by atoms with Crippen LogP contribution in [0.1, 0.15) is 60.0 Å². The van der Waals surface area contributed by atoms with Gasteiger partial charge in [0, 0.05) is 25.2 Å². The summed E-state index contributed by atoms with van der Waals surface area (Å²) in [7, 11) is 4.04. The number of ketones is 1. The first kappa shape index (κ1) is 24.1. The summed E-state index contributed by atoms with van der Waals surface area (Å²) in [5, 5.41) is 0. The first-order valence-corrected chi connectivity index (χ1v) is 11.6. The number of aryl methyl sites for hydroxylation is 1. The molecular formula is C24H32N3O4P. The van der Waals surface area contributed by atoms with Crippen LogP contribution in [0.5, 0.6) is 5.75 Å². The largest absolute Gasteiger partial charge is 0.474 e. The van der Waals surface area contributed by atoms with Gasteiger partial charge >= 0.3 is 0 Å². The Morgan fingerprint density at radius 2 is 1.88 bits per heavy atom. The molecule has 2 aromatic rings. The van der Waals surface area contributed by atoms with Crippen LogP contribution in [0.4, 0.5) is 0 Å². The van der Waals surface area contributed by atoms with Crippen LogP contribution in [0, 0.1) is 0 Å². The first-order valence-electron chi connectivity index (χ1n) is 11.2. The average molecular weight is 458 g/mol. The molecular weight excluding hydrogens is 425 g/mol. The fourth-order valence-corrected chi connectivity index (χ4v) is 4.61. The Hall–Kier alpha value is -2.50. The Labute approximate surface area is 191 Å². The van der Waals surface area contributed by atoms with Gasteiger partial charge in [0.05, 0.1) is 21.6 Å². The van der Waals surface area contributed by atoms with Crippen molar-refractivity contribution in [3.8, 4) is 5.75 Å². The Kier molecular flexibility index (Phi) is 7.86. The number of pyridine rings is 1. The van der Waals surface area contributed by atoms with Gasteiger partial charge in [-0.3, -0.25) is 19.3 Å². The van der Waals surface area contributed by atoms with Crippen LogP contribution in [0.2, 0.25) is 0 Å². The third-order valence-electron chi connectivity index (χ3n) is 6.14. The highest BCUT2D eigenvalue weighted by atomic mass is 31.0. The molecule has 0 spiro atoms. The van der Waals surface area contributed by atoms with E-state index in [0.29, 0.717) is 13.0 Å². The number of carbonyl (C=O) groups excluding carboxylic acids is 2. The van der Waals surface area contributed by atoms with Crippen molar-refractivity contribution in [2.24, 2.45) is 0 Å². The van der Waals surface area contributed by atoms with Crippen molar-refractivity contribution in [2.45, 2.75) is 58.8 Å². The molecule has 172 valence electrons. The van der Waals surface area contributed by atoms with E-state index in [-0.39, 0.29) is 47.3 Å². The molecule has 7 nitrogen and oxygen atoms in total. The van der Waals surface area contributed by atoms with Gasteiger partial charge in [0.25, 0.3) is 5.91 Å². The van der Waals surface area contributed by atoms with Crippen molar-refractivity contribution in [2.75, 3.05) is 13.6 Å². The summed E-state index contributed by atoms with van der Waals surface area (Å²) >= 11 is 0. The molecule has 3 atom stereocenters. The minimum atomic E-state index is -0.529. The second kappa shape index (κ2) is 10.4. The van der Waals surface area contributed by atoms with Gasteiger partial charge in [-0.25, -0.2) is 0 Å². The van der Waals surface area contributed by atoms with Crippen molar-refractivity contribution in [1.29, 1.82) is 0 Å². The predicted molar refractivity (Wildman–Crippen MR) is 128 cm³/mol. The molecule has 1 amide bonds. The number of nitrogens with zero attached hydrogens (tertiary/aromatic N) is 3. The van der Waals surface area contributed by atoms with E-state index in [4.69, 9.17) is 4.52 Å². The van der Waals surface area contributed by atoms with Crippen LogP contribution in [0.25, 0.3) is 0 Å². The van der Waals surface area contributed by atoms with Crippen LogP contribution < -0.4 is 9.95 Å².